The first-order valence-corrected chi connectivity index (χ1v) is 3.51. The van der Waals surface area contributed by atoms with Gasteiger partial charge in [-0.25, -0.2) is 13.8 Å². The standard InChI is InChI=1S/C7H3ClF2N2O/c8-6-4(13)1-3(2-11)5(12-6)7(9)10/h1,7,13H. The van der Waals surface area contributed by atoms with Crippen molar-refractivity contribution >= 4 is 11.6 Å². The van der Waals surface area contributed by atoms with Crippen LogP contribution in [0.2, 0.25) is 5.15 Å². The van der Waals surface area contributed by atoms with Crippen LogP contribution < -0.4 is 0 Å². The van der Waals surface area contributed by atoms with Crippen LogP contribution in [0.5, 0.6) is 5.75 Å². The largest absolute Gasteiger partial charge is 0.505 e. The first-order chi connectivity index (χ1) is 6.06. The molecule has 0 saturated carbocycles. The number of aromatic hydroxyl groups is 1. The van der Waals surface area contributed by atoms with Crippen molar-refractivity contribution in [3.05, 3.63) is 22.5 Å². The molecule has 3 nitrogen and oxygen atoms in total. The molecule has 0 bridgehead atoms. The van der Waals surface area contributed by atoms with Crippen LogP contribution in [0.3, 0.4) is 0 Å². The molecule has 0 fully saturated rings. The quantitative estimate of drug-likeness (QED) is 0.714. The Balaban J connectivity index is 3.35. The SMILES string of the molecule is N#Cc1cc(O)c(Cl)nc1C(F)F. The van der Waals surface area contributed by atoms with Crippen molar-refractivity contribution < 1.29 is 13.9 Å². The summed E-state index contributed by atoms with van der Waals surface area (Å²) in [6.45, 7) is 0. The minimum absolute atomic E-state index is 0.378. The molecule has 0 aromatic carbocycles. The van der Waals surface area contributed by atoms with Crippen molar-refractivity contribution in [1.29, 1.82) is 5.26 Å². The Morgan fingerprint density at radius 3 is 2.69 bits per heavy atom. The van der Waals surface area contributed by atoms with E-state index in [1.54, 1.807) is 0 Å². The summed E-state index contributed by atoms with van der Waals surface area (Å²) in [4.78, 5) is 3.19. The first kappa shape index (κ1) is 9.68. The zero-order chi connectivity index (χ0) is 10.0. The number of aromatic nitrogens is 1. The third-order valence-corrected chi connectivity index (χ3v) is 1.59. The van der Waals surface area contributed by atoms with Gasteiger partial charge in [0.2, 0.25) is 0 Å². The summed E-state index contributed by atoms with van der Waals surface area (Å²) < 4.78 is 24.3. The molecule has 0 spiro atoms. The number of nitrogens with zero attached hydrogens (tertiary/aromatic N) is 2. The summed E-state index contributed by atoms with van der Waals surface area (Å²) in [7, 11) is 0. The van der Waals surface area contributed by atoms with Crippen molar-refractivity contribution in [1.82, 2.24) is 4.98 Å². The Kier molecular flexibility index (Phi) is 2.63. The molecular weight excluding hydrogens is 202 g/mol. The smallest absolute Gasteiger partial charge is 0.281 e. The molecule has 1 N–H and O–H groups in total. The van der Waals surface area contributed by atoms with Crippen LogP contribution in [0.25, 0.3) is 0 Å². The Bertz CT molecular complexity index is 375. The second kappa shape index (κ2) is 3.54. The monoisotopic (exact) mass is 204 g/mol. The van der Waals surface area contributed by atoms with Gasteiger partial charge in [-0.05, 0) is 0 Å². The lowest BCUT2D eigenvalue weighted by molar-refractivity contribution is 0.145. The van der Waals surface area contributed by atoms with Gasteiger partial charge >= 0.3 is 0 Å². The number of pyridine rings is 1. The Morgan fingerprint density at radius 1 is 1.62 bits per heavy atom. The highest BCUT2D eigenvalue weighted by Gasteiger charge is 2.17. The normalized spacial score (nSPS) is 10.1. The van der Waals surface area contributed by atoms with Crippen LogP contribution in [0.15, 0.2) is 6.07 Å². The van der Waals surface area contributed by atoms with Crippen LogP contribution in [0.1, 0.15) is 17.7 Å². The van der Waals surface area contributed by atoms with Crippen molar-refractivity contribution in [3.8, 4) is 11.8 Å². The molecule has 0 aliphatic carbocycles. The second-order valence-corrected chi connectivity index (χ2v) is 2.50. The predicted molar refractivity (Wildman–Crippen MR) is 40.6 cm³/mol. The maximum absolute atomic E-state index is 12.2. The van der Waals surface area contributed by atoms with Gasteiger partial charge in [0.25, 0.3) is 6.43 Å². The number of hydrogen-bond donors (Lipinski definition) is 1. The zero-order valence-corrected chi connectivity index (χ0v) is 6.89. The number of nitriles is 1. The molecule has 6 heteroatoms. The third-order valence-electron chi connectivity index (χ3n) is 1.31. The first-order valence-electron chi connectivity index (χ1n) is 3.14. The molecule has 13 heavy (non-hydrogen) atoms. The highest BCUT2D eigenvalue weighted by atomic mass is 35.5. The van der Waals surface area contributed by atoms with E-state index in [1.165, 1.54) is 6.07 Å². The number of alkyl halides is 2. The summed E-state index contributed by atoms with van der Waals surface area (Å²) in [5.74, 6) is -0.484. The maximum atomic E-state index is 12.2. The van der Waals surface area contributed by atoms with Gasteiger partial charge in [-0.1, -0.05) is 11.6 Å². The Labute approximate surface area is 77.2 Å². The van der Waals surface area contributed by atoms with Gasteiger partial charge in [0.1, 0.15) is 11.8 Å². The molecule has 0 saturated heterocycles. The Morgan fingerprint density at radius 2 is 2.23 bits per heavy atom. The van der Waals surface area contributed by atoms with E-state index in [-0.39, 0.29) is 5.56 Å². The third kappa shape index (κ3) is 1.84. The summed E-state index contributed by atoms with van der Waals surface area (Å²) in [6.07, 6.45) is -2.88. The lowest BCUT2D eigenvalue weighted by atomic mass is 10.2. The van der Waals surface area contributed by atoms with Crippen LogP contribution in [0, 0.1) is 11.3 Å². The van der Waals surface area contributed by atoms with E-state index >= 15 is 0 Å². The van der Waals surface area contributed by atoms with Crippen LogP contribution >= 0.6 is 11.6 Å². The summed E-state index contributed by atoms with van der Waals surface area (Å²) >= 11 is 5.28. The van der Waals surface area contributed by atoms with Crippen molar-refractivity contribution in [2.75, 3.05) is 0 Å². The van der Waals surface area contributed by atoms with Gasteiger partial charge < -0.3 is 5.11 Å². The van der Waals surface area contributed by atoms with E-state index in [2.05, 4.69) is 4.98 Å². The van der Waals surface area contributed by atoms with E-state index in [0.717, 1.165) is 6.07 Å². The highest BCUT2D eigenvalue weighted by molar-refractivity contribution is 6.30. The molecule has 1 aromatic heterocycles. The van der Waals surface area contributed by atoms with Crippen LogP contribution in [0.4, 0.5) is 8.78 Å². The molecule has 1 aromatic rings. The zero-order valence-electron chi connectivity index (χ0n) is 6.13. The van der Waals surface area contributed by atoms with Crippen molar-refractivity contribution in [2.24, 2.45) is 0 Å². The van der Waals surface area contributed by atoms with E-state index in [0.29, 0.717) is 0 Å². The summed E-state index contributed by atoms with van der Waals surface area (Å²) in [5.41, 5.74) is -1.10. The molecule has 1 rings (SSSR count). The second-order valence-electron chi connectivity index (χ2n) is 2.14. The molecule has 0 radical (unpaired) electrons. The number of rotatable bonds is 1. The van der Waals surface area contributed by atoms with E-state index in [9.17, 15) is 8.78 Å². The highest BCUT2D eigenvalue weighted by Crippen LogP contribution is 2.28. The van der Waals surface area contributed by atoms with E-state index in [1.807, 2.05) is 0 Å². The molecule has 0 amide bonds. The van der Waals surface area contributed by atoms with Gasteiger partial charge in [0, 0.05) is 6.07 Å². The molecule has 0 atom stereocenters. The van der Waals surface area contributed by atoms with Gasteiger partial charge in [-0.15, -0.1) is 0 Å². The lowest BCUT2D eigenvalue weighted by Gasteiger charge is -2.02. The van der Waals surface area contributed by atoms with Gasteiger partial charge in [-0.2, -0.15) is 5.26 Å². The fourth-order valence-electron chi connectivity index (χ4n) is 0.749. The van der Waals surface area contributed by atoms with Crippen molar-refractivity contribution in [3.63, 3.8) is 0 Å². The molecule has 0 aliphatic rings. The Hall–Kier alpha value is -1.41. The van der Waals surface area contributed by atoms with E-state index in [4.69, 9.17) is 22.0 Å². The van der Waals surface area contributed by atoms with Crippen LogP contribution in [-0.4, -0.2) is 10.1 Å². The molecule has 0 unspecified atom stereocenters. The fourth-order valence-corrected chi connectivity index (χ4v) is 0.895. The van der Waals surface area contributed by atoms with Gasteiger partial charge in [-0.3, -0.25) is 0 Å². The maximum Gasteiger partial charge on any atom is 0.281 e. The molecule has 1 heterocycles. The fraction of sp³-hybridized carbons (Fsp3) is 0.143. The van der Waals surface area contributed by atoms with Crippen LogP contribution in [-0.2, 0) is 0 Å². The lowest BCUT2D eigenvalue weighted by Crippen LogP contribution is -1.95. The van der Waals surface area contributed by atoms with Gasteiger partial charge in [0.05, 0.1) is 5.56 Å². The summed E-state index contributed by atoms with van der Waals surface area (Å²) in [6, 6.07) is 2.34. The molecular formula is C7H3ClF2N2O. The average molecular weight is 205 g/mol. The average Bonchev–Trinajstić information content (AvgIpc) is 2.08. The van der Waals surface area contributed by atoms with E-state index < -0.39 is 23.0 Å². The minimum atomic E-state index is -2.88. The number of halogens is 3. The predicted octanol–water partition coefficient (Wildman–Crippen LogP) is 2.25. The summed E-state index contributed by atoms with van der Waals surface area (Å²) in [5, 5.41) is 16.9. The van der Waals surface area contributed by atoms with Crippen molar-refractivity contribution in [2.45, 2.75) is 6.43 Å². The molecule has 0 aliphatic heterocycles. The number of hydrogen-bond acceptors (Lipinski definition) is 3. The molecule has 68 valence electrons. The topological polar surface area (TPSA) is 56.9 Å². The minimum Gasteiger partial charge on any atom is -0.505 e. The van der Waals surface area contributed by atoms with Gasteiger partial charge in [0.15, 0.2) is 10.9 Å².